The fourth-order valence-electron chi connectivity index (χ4n) is 1.56. The zero-order valence-corrected chi connectivity index (χ0v) is 14.1. The molecule has 0 bridgehead atoms. The average molecular weight is 411 g/mol. The summed E-state index contributed by atoms with van der Waals surface area (Å²) in [5.74, 6) is 0.927. The molecule has 0 saturated carbocycles. The van der Waals surface area contributed by atoms with Crippen LogP contribution in [0.3, 0.4) is 0 Å². The zero-order valence-electron chi connectivity index (χ0n) is 11.1. The minimum absolute atomic E-state index is 0.177. The minimum Gasteiger partial charge on any atom is -0.507 e. The highest BCUT2D eigenvalue weighted by Crippen LogP contribution is 2.20. The molecule has 4 nitrogen and oxygen atoms in total. The molecule has 0 heterocycles. The van der Waals surface area contributed by atoms with Crippen molar-refractivity contribution in [1.82, 2.24) is 0 Å². The number of hydrogen-bond donors (Lipinski definition) is 2. The first kappa shape index (κ1) is 15.8. The van der Waals surface area contributed by atoms with Crippen LogP contribution in [0, 0.1) is 3.57 Å². The van der Waals surface area contributed by atoms with E-state index >= 15 is 0 Å². The lowest BCUT2D eigenvalue weighted by atomic mass is 10.2. The topological polar surface area (TPSA) is 71.0 Å². The monoisotopic (exact) mass is 411 g/mol. The standard InChI is InChI=1S/C15H14IN3OS/c16-13-7-4-8-14(20)12(13)9-18-19-15(17)21-10-11-5-2-1-3-6-11/h1-9,20H,10H2,(H2,17,19). The highest BCUT2D eigenvalue weighted by Gasteiger charge is 2.02. The number of nitrogens with zero attached hydrogens (tertiary/aromatic N) is 2. The molecule has 21 heavy (non-hydrogen) atoms. The Kier molecular flexibility index (Phi) is 6.06. The van der Waals surface area contributed by atoms with Crippen molar-refractivity contribution in [2.24, 2.45) is 15.9 Å². The number of benzene rings is 2. The van der Waals surface area contributed by atoms with Crippen LogP contribution in [0.25, 0.3) is 0 Å². The summed E-state index contributed by atoms with van der Waals surface area (Å²) in [5.41, 5.74) is 7.62. The van der Waals surface area contributed by atoms with Gasteiger partial charge in [0.05, 0.1) is 6.21 Å². The van der Waals surface area contributed by atoms with Crippen LogP contribution in [0.5, 0.6) is 5.75 Å². The highest BCUT2D eigenvalue weighted by molar-refractivity contribution is 14.1. The minimum atomic E-state index is 0.177. The maximum Gasteiger partial charge on any atom is 0.180 e. The molecule has 6 heteroatoms. The van der Waals surface area contributed by atoms with E-state index in [1.54, 1.807) is 12.1 Å². The number of rotatable bonds is 4. The van der Waals surface area contributed by atoms with Crippen molar-refractivity contribution in [3.8, 4) is 5.75 Å². The van der Waals surface area contributed by atoms with Crippen LogP contribution < -0.4 is 5.73 Å². The van der Waals surface area contributed by atoms with Gasteiger partial charge in [-0.1, -0.05) is 48.2 Å². The van der Waals surface area contributed by atoms with Gasteiger partial charge in [-0.2, -0.15) is 5.10 Å². The van der Waals surface area contributed by atoms with Crippen molar-refractivity contribution in [3.05, 3.63) is 63.2 Å². The molecule has 2 aromatic rings. The number of aromatic hydroxyl groups is 1. The van der Waals surface area contributed by atoms with E-state index in [4.69, 9.17) is 5.73 Å². The van der Waals surface area contributed by atoms with Gasteiger partial charge < -0.3 is 10.8 Å². The first-order chi connectivity index (χ1) is 10.2. The average Bonchev–Trinajstić information content (AvgIpc) is 2.49. The molecular formula is C15H14IN3OS. The third kappa shape index (κ3) is 5.05. The molecule has 0 aromatic heterocycles. The molecule has 2 aromatic carbocycles. The molecule has 0 atom stereocenters. The van der Waals surface area contributed by atoms with Crippen molar-refractivity contribution >= 4 is 45.7 Å². The van der Waals surface area contributed by atoms with Gasteiger partial charge in [0.2, 0.25) is 0 Å². The van der Waals surface area contributed by atoms with Crippen LogP contribution in [0.15, 0.2) is 58.7 Å². The Morgan fingerprint density at radius 2 is 1.95 bits per heavy atom. The van der Waals surface area contributed by atoms with E-state index in [9.17, 15) is 5.11 Å². The van der Waals surface area contributed by atoms with E-state index in [-0.39, 0.29) is 5.75 Å². The summed E-state index contributed by atoms with van der Waals surface area (Å²) in [4.78, 5) is 0. The summed E-state index contributed by atoms with van der Waals surface area (Å²) in [6, 6.07) is 15.3. The number of nitrogens with two attached hydrogens (primary N) is 1. The molecule has 108 valence electrons. The smallest absolute Gasteiger partial charge is 0.180 e. The van der Waals surface area contributed by atoms with Gasteiger partial charge in [-0.15, -0.1) is 5.10 Å². The van der Waals surface area contributed by atoms with Crippen LogP contribution in [0.1, 0.15) is 11.1 Å². The van der Waals surface area contributed by atoms with E-state index in [0.29, 0.717) is 10.7 Å². The Labute approximate surface area is 141 Å². The highest BCUT2D eigenvalue weighted by atomic mass is 127. The van der Waals surface area contributed by atoms with Crippen LogP contribution in [-0.2, 0) is 5.75 Å². The SMILES string of the molecule is NC(=NN=Cc1c(O)cccc1I)SCc1ccccc1. The number of amidine groups is 1. The molecule has 0 unspecified atom stereocenters. The van der Waals surface area contributed by atoms with Crippen molar-refractivity contribution in [2.45, 2.75) is 5.75 Å². The maximum atomic E-state index is 9.73. The van der Waals surface area contributed by atoms with Gasteiger partial charge in [-0.3, -0.25) is 0 Å². The summed E-state index contributed by atoms with van der Waals surface area (Å²) < 4.78 is 0.905. The summed E-state index contributed by atoms with van der Waals surface area (Å²) >= 11 is 3.55. The molecule has 0 amide bonds. The Bertz CT molecular complexity index is 639. The van der Waals surface area contributed by atoms with Gasteiger partial charge in [-0.05, 0) is 40.3 Å². The summed E-state index contributed by atoms with van der Waals surface area (Å²) in [6.45, 7) is 0. The van der Waals surface area contributed by atoms with Gasteiger partial charge in [0.15, 0.2) is 5.17 Å². The van der Waals surface area contributed by atoms with Gasteiger partial charge >= 0.3 is 0 Å². The van der Waals surface area contributed by atoms with Crippen molar-refractivity contribution in [1.29, 1.82) is 0 Å². The van der Waals surface area contributed by atoms with Gasteiger partial charge in [-0.25, -0.2) is 0 Å². The number of phenolic OH excluding ortho intramolecular Hbond substituents is 1. The van der Waals surface area contributed by atoms with Crippen LogP contribution in [0.2, 0.25) is 0 Å². The van der Waals surface area contributed by atoms with Crippen LogP contribution in [-0.4, -0.2) is 16.5 Å². The first-order valence-corrected chi connectivity index (χ1v) is 8.24. The summed E-state index contributed by atoms with van der Waals surface area (Å²) in [5, 5.41) is 18.0. The third-order valence-electron chi connectivity index (χ3n) is 2.60. The van der Waals surface area contributed by atoms with Crippen LogP contribution >= 0.6 is 34.4 Å². The number of phenols is 1. The molecule has 0 fully saturated rings. The predicted octanol–water partition coefficient (Wildman–Crippen LogP) is 3.58. The van der Waals surface area contributed by atoms with Crippen LogP contribution in [0.4, 0.5) is 0 Å². The van der Waals surface area contributed by atoms with Crippen molar-refractivity contribution in [3.63, 3.8) is 0 Å². The van der Waals surface area contributed by atoms with E-state index in [1.165, 1.54) is 23.5 Å². The van der Waals surface area contributed by atoms with E-state index < -0.39 is 0 Å². The molecule has 2 rings (SSSR count). The Balaban J connectivity index is 1.95. The first-order valence-electron chi connectivity index (χ1n) is 6.17. The molecule has 0 aliphatic heterocycles. The lowest BCUT2D eigenvalue weighted by molar-refractivity contribution is 0.474. The van der Waals surface area contributed by atoms with Gasteiger partial charge in [0.1, 0.15) is 5.75 Å². The predicted molar refractivity (Wildman–Crippen MR) is 97.8 cm³/mol. The van der Waals surface area contributed by atoms with E-state index in [1.807, 2.05) is 36.4 Å². The fourth-order valence-corrected chi connectivity index (χ4v) is 2.79. The van der Waals surface area contributed by atoms with Crippen molar-refractivity contribution < 1.29 is 5.11 Å². The Hall–Kier alpha value is -1.54. The number of halogens is 1. The molecule has 0 saturated heterocycles. The second kappa shape index (κ2) is 8.04. The second-order valence-electron chi connectivity index (χ2n) is 4.13. The Morgan fingerprint density at radius 3 is 2.67 bits per heavy atom. The quantitative estimate of drug-likeness (QED) is 0.350. The number of hydrogen-bond acceptors (Lipinski definition) is 4. The van der Waals surface area contributed by atoms with E-state index in [2.05, 4.69) is 32.8 Å². The molecule has 0 radical (unpaired) electrons. The van der Waals surface area contributed by atoms with Crippen molar-refractivity contribution in [2.75, 3.05) is 0 Å². The van der Waals surface area contributed by atoms with E-state index in [0.717, 1.165) is 9.32 Å². The Morgan fingerprint density at radius 1 is 1.19 bits per heavy atom. The fraction of sp³-hybridized carbons (Fsp3) is 0.0667. The number of thioether (sulfide) groups is 1. The normalized spacial score (nSPS) is 12.0. The second-order valence-corrected chi connectivity index (χ2v) is 6.29. The van der Waals surface area contributed by atoms with Gasteiger partial charge in [0.25, 0.3) is 0 Å². The third-order valence-corrected chi connectivity index (χ3v) is 4.40. The summed E-state index contributed by atoms with van der Waals surface area (Å²) in [7, 11) is 0. The molecule has 0 aliphatic carbocycles. The zero-order chi connectivity index (χ0) is 15.1. The molecule has 0 spiro atoms. The summed E-state index contributed by atoms with van der Waals surface area (Å²) in [6.07, 6.45) is 1.51. The lowest BCUT2D eigenvalue weighted by Crippen LogP contribution is -2.06. The largest absolute Gasteiger partial charge is 0.507 e. The van der Waals surface area contributed by atoms with Gasteiger partial charge in [0, 0.05) is 14.9 Å². The lowest BCUT2D eigenvalue weighted by Gasteiger charge is -2.00. The molecule has 3 N–H and O–H groups in total. The molecule has 0 aliphatic rings. The maximum absolute atomic E-state index is 9.73. The molecular weight excluding hydrogens is 397 g/mol.